The highest BCUT2D eigenvalue weighted by molar-refractivity contribution is 7.17. The molecule has 3 N–H and O–H groups in total. The van der Waals surface area contributed by atoms with Gasteiger partial charge >= 0.3 is 0 Å². The molecule has 2 heterocycles. The Kier molecular flexibility index (Phi) is 4.97. The molecule has 0 bridgehead atoms. The minimum atomic E-state index is -0.563. The van der Waals surface area contributed by atoms with Gasteiger partial charge in [-0.1, -0.05) is 29.4 Å². The summed E-state index contributed by atoms with van der Waals surface area (Å²) in [5.41, 5.74) is 9.76. The lowest BCUT2D eigenvalue weighted by atomic mass is 9.96. The SMILES string of the molecule is COCc1nocc1C(=O)Nc1sc2c(c1C(N)=O)-c1ccccc1CCC2. The van der Waals surface area contributed by atoms with E-state index in [4.69, 9.17) is 15.0 Å². The second-order valence-electron chi connectivity index (χ2n) is 6.54. The first-order valence-electron chi connectivity index (χ1n) is 8.87. The zero-order valence-electron chi connectivity index (χ0n) is 15.3. The number of aryl methyl sites for hydroxylation is 2. The number of hydrogen-bond acceptors (Lipinski definition) is 6. The van der Waals surface area contributed by atoms with Crippen LogP contribution in [0.2, 0.25) is 0 Å². The van der Waals surface area contributed by atoms with Gasteiger partial charge in [-0.2, -0.15) is 0 Å². The number of nitrogens with zero attached hydrogens (tertiary/aromatic N) is 1. The average molecular weight is 397 g/mol. The molecule has 2 amide bonds. The fraction of sp³-hybridized carbons (Fsp3) is 0.250. The molecule has 0 spiro atoms. The van der Waals surface area contributed by atoms with Crippen LogP contribution in [0, 0.1) is 0 Å². The minimum Gasteiger partial charge on any atom is -0.378 e. The van der Waals surface area contributed by atoms with E-state index in [0.29, 0.717) is 16.3 Å². The number of anilines is 1. The standard InChI is InChI=1S/C20H19N3O4S/c1-26-10-14-13(9-27-23-14)19(25)22-20-17(18(21)24)16-12-7-3-2-5-11(12)6-4-8-15(16)28-20/h2-3,5,7,9H,4,6,8,10H2,1H3,(H2,21,24)(H,22,25). The zero-order chi connectivity index (χ0) is 19.7. The van der Waals surface area contributed by atoms with E-state index in [1.807, 2.05) is 18.2 Å². The van der Waals surface area contributed by atoms with Gasteiger partial charge in [-0.05, 0) is 30.4 Å². The second kappa shape index (κ2) is 7.57. The fourth-order valence-electron chi connectivity index (χ4n) is 3.54. The molecule has 0 aliphatic heterocycles. The molecule has 2 aromatic heterocycles. The van der Waals surface area contributed by atoms with Crippen LogP contribution in [0.5, 0.6) is 0 Å². The lowest BCUT2D eigenvalue weighted by Crippen LogP contribution is -2.18. The van der Waals surface area contributed by atoms with Crippen molar-refractivity contribution in [2.45, 2.75) is 25.9 Å². The van der Waals surface area contributed by atoms with E-state index in [-0.39, 0.29) is 12.2 Å². The quantitative estimate of drug-likeness (QED) is 0.686. The summed E-state index contributed by atoms with van der Waals surface area (Å²) in [4.78, 5) is 26.2. The largest absolute Gasteiger partial charge is 0.378 e. The third-order valence-corrected chi connectivity index (χ3v) is 5.93. The fourth-order valence-corrected chi connectivity index (χ4v) is 4.79. The van der Waals surface area contributed by atoms with Crippen LogP contribution in [-0.4, -0.2) is 24.1 Å². The summed E-state index contributed by atoms with van der Waals surface area (Å²) in [7, 11) is 1.51. The Balaban J connectivity index is 1.77. The molecule has 0 saturated carbocycles. The van der Waals surface area contributed by atoms with Crippen LogP contribution in [-0.2, 0) is 24.2 Å². The van der Waals surface area contributed by atoms with Gasteiger partial charge in [0.15, 0.2) is 0 Å². The molecular formula is C20H19N3O4S. The number of ether oxygens (including phenoxy) is 1. The Morgan fingerprint density at radius 3 is 2.93 bits per heavy atom. The molecule has 1 aromatic carbocycles. The average Bonchev–Trinajstić information content (AvgIpc) is 3.23. The van der Waals surface area contributed by atoms with E-state index in [1.165, 1.54) is 30.3 Å². The monoisotopic (exact) mass is 397 g/mol. The minimum absolute atomic E-state index is 0.149. The molecule has 0 radical (unpaired) electrons. The summed E-state index contributed by atoms with van der Waals surface area (Å²) in [5.74, 6) is -0.979. The summed E-state index contributed by atoms with van der Waals surface area (Å²) >= 11 is 1.40. The molecule has 0 saturated heterocycles. The first-order valence-corrected chi connectivity index (χ1v) is 9.69. The number of thiophene rings is 1. The van der Waals surface area contributed by atoms with E-state index >= 15 is 0 Å². The van der Waals surface area contributed by atoms with E-state index in [1.54, 1.807) is 0 Å². The van der Waals surface area contributed by atoms with Crippen molar-refractivity contribution in [3.63, 3.8) is 0 Å². The summed E-state index contributed by atoms with van der Waals surface area (Å²) < 4.78 is 9.93. The molecule has 1 aliphatic rings. The van der Waals surface area contributed by atoms with Gasteiger partial charge in [0.05, 0.1) is 12.2 Å². The number of carbonyl (C=O) groups is 2. The van der Waals surface area contributed by atoms with Crippen molar-refractivity contribution in [1.29, 1.82) is 0 Å². The second-order valence-corrected chi connectivity index (χ2v) is 7.65. The van der Waals surface area contributed by atoms with Gasteiger partial charge in [0.25, 0.3) is 11.8 Å². The maximum absolute atomic E-state index is 12.8. The highest BCUT2D eigenvalue weighted by Gasteiger charge is 2.28. The Labute approximate surface area is 165 Å². The Morgan fingerprint density at radius 1 is 1.32 bits per heavy atom. The van der Waals surface area contributed by atoms with Crippen molar-refractivity contribution in [2.75, 3.05) is 12.4 Å². The number of primary amides is 1. The van der Waals surface area contributed by atoms with Crippen LogP contribution in [0.4, 0.5) is 5.00 Å². The van der Waals surface area contributed by atoms with Gasteiger partial charge < -0.3 is 20.3 Å². The molecule has 0 atom stereocenters. The van der Waals surface area contributed by atoms with Gasteiger partial charge in [0, 0.05) is 17.6 Å². The number of fused-ring (bicyclic) bond motifs is 3. The highest BCUT2D eigenvalue weighted by atomic mass is 32.1. The molecule has 0 fully saturated rings. The predicted molar refractivity (Wildman–Crippen MR) is 105 cm³/mol. The molecule has 4 rings (SSSR count). The van der Waals surface area contributed by atoms with Crippen LogP contribution >= 0.6 is 11.3 Å². The molecule has 28 heavy (non-hydrogen) atoms. The topological polar surface area (TPSA) is 107 Å². The number of rotatable bonds is 5. The van der Waals surface area contributed by atoms with Crippen molar-refractivity contribution in [1.82, 2.24) is 5.16 Å². The Bertz CT molecular complexity index is 1050. The number of amides is 2. The maximum atomic E-state index is 12.8. The molecule has 144 valence electrons. The number of benzene rings is 1. The molecule has 1 aliphatic carbocycles. The lowest BCUT2D eigenvalue weighted by Gasteiger charge is -2.09. The van der Waals surface area contributed by atoms with E-state index in [2.05, 4.69) is 16.5 Å². The predicted octanol–water partition coefficient (Wildman–Crippen LogP) is 3.39. The number of nitrogens with two attached hydrogens (primary N) is 1. The maximum Gasteiger partial charge on any atom is 0.261 e. The third kappa shape index (κ3) is 3.21. The Morgan fingerprint density at radius 2 is 2.14 bits per heavy atom. The number of methoxy groups -OCH3 is 1. The van der Waals surface area contributed by atoms with E-state index in [0.717, 1.165) is 35.3 Å². The van der Waals surface area contributed by atoms with Gasteiger partial charge in [-0.15, -0.1) is 11.3 Å². The van der Waals surface area contributed by atoms with Crippen molar-refractivity contribution in [3.05, 3.63) is 57.8 Å². The Hall–Kier alpha value is -2.97. The molecule has 3 aromatic rings. The third-order valence-electron chi connectivity index (χ3n) is 4.76. The first kappa shape index (κ1) is 18.4. The highest BCUT2D eigenvalue weighted by Crippen LogP contribution is 2.44. The lowest BCUT2D eigenvalue weighted by molar-refractivity contribution is 0.100. The number of carbonyl (C=O) groups excluding carboxylic acids is 2. The van der Waals surface area contributed by atoms with Gasteiger partial charge in [0.1, 0.15) is 22.5 Å². The zero-order valence-corrected chi connectivity index (χ0v) is 16.1. The van der Waals surface area contributed by atoms with Crippen molar-refractivity contribution in [2.24, 2.45) is 5.73 Å². The molecule has 7 nitrogen and oxygen atoms in total. The van der Waals surface area contributed by atoms with Gasteiger partial charge in [-0.25, -0.2) is 0 Å². The normalized spacial score (nSPS) is 12.8. The van der Waals surface area contributed by atoms with Crippen LogP contribution in [0.15, 0.2) is 35.1 Å². The van der Waals surface area contributed by atoms with Crippen molar-refractivity contribution < 1.29 is 18.8 Å². The smallest absolute Gasteiger partial charge is 0.261 e. The van der Waals surface area contributed by atoms with Crippen molar-refractivity contribution >= 4 is 28.2 Å². The summed E-state index contributed by atoms with van der Waals surface area (Å²) in [6.07, 6.45) is 4.01. The molecule has 8 heteroatoms. The van der Waals surface area contributed by atoms with E-state index in [9.17, 15) is 9.59 Å². The summed E-state index contributed by atoms with van der Waals surface area (Å²) in [5, 5.41) is 7.06. The van der Waals surface area contributed by atoms with Gasteiger partial charge in [-0.3, -0.25) is 9.59 Å². The number of aromatic nitrogens is 1. The van der Waals surface area contributed by atoms with Crippen molar-refractivity contribution in [3.8, 4) is 11.1 Å². The van der Waals surface area contributed by atoms with Crippen LogP contribution in [0.25, 0.3) is 11.1 Å². The summed E-state index contributed by atoms with van der Waals surface area (Å²) in [6, 6.07) is 8.01. The van der Waals surface area contributed by atoms with Gasteiger partial charge in [0.2, 0.25) is 0 Å². The number of nitrogens with one attached hydrogen (secondary N) is 1. The molecular weight excluding hydrogens is 378 g/mol. The van der Waals surface area contributed by atoms with Crippen LogP contribution in [0.3, 0.4) is 0 Å². The van der Waals surface area contributed by atoms with E-state index < -0.39 is 11.8 Å². The van der Waals surface area contributed by atoms with Crippen LogP contribution in [0.1, 0.15) is 43.3 Å². The summed E-state index contributed by atoms with van der Waals surface area (Å²) in [6.45, 7) is 0.149. The molecule has 0 unspecified atom stereocenters. The van der Waals surface area contributed by atoms with Crippen LogP contribution < -0.4 is 11.1 Å². The first-order chi connectivity index (χ1) is 13.6. The number of hydrogen-bond donors (Lipinski definition) is 2.